The van der Waals surface area contributed by atoms with Gasteiger partial charge in [0.25, 0.3) is 0 Å². The molecule has 1 aliphatic carbocycles. The van der Waals surface area contributed by atoms with Gasteiger partial charge in [0.2, 0.25) is 17.7 Å². The average molecular weight is 283 g/mol. The third-order valence-electron chi connectivity index (χ3n) is 4.04. The van der Waals surface area contributed by atoms with Crippen molar-refractivity contribution in [2.45, 2.75) is 57.9 Å². The molecule has 0 aromatic heterocycles. The molecule has 20 heavy (non-hydrogen) atoms. The van der Waals surface area contributed by atoms with E-state index in [2.05, 4.69) is 12.2 Å². The number of hydrogen-bond donors (Lipinski definition) is 3. The first-order chi connectivity index (χ1) is 9.45. The summed E-state index contributed by atoms with van der Waals surface area (Å²) in [6.07, 6.45) is 7.28. The van der Waals surface area contributed by atoms with Crippen molar-refractivity contribution < 1.29 is 14.4 Å². The Morgan fingerprint density at radius 1 is 1.10 bits per heavy atom. The lowest BCUT2D eigenvalue weighted by Gasteiger charge is -2.28. The van der Waals surface area contributed by atoms with Crippen LogP contribution in [-0.4, -0.2) is 23.8 Å². The second-order valence-corrected chi connectivity index (χ2v) is 5.61. The molecule has 0 radical (unpaired) electrons. The van der Waals surface area contributed by atoms with Crippen LogP contribution in [0.3, 0.4) is 0 Å². The summed E-state index contributed by atoms with van der Waals surface area (Å²) in [4.78, 5) is 34.1. The average Bonchev–Trinajstić information content (AvgIpc) is 2.42. The summed E-state index contributed by atoms with van der Waals surface area (Å²) in [6, 6.07) is -1.40. The Labute approximate surface area is 119 Å². The standard InChI is InChI=1S/C14H25N3O3/c1-2-3-4-9-5-7-10(8-6-9)14(20)17-11(12(15)18)13(16)19/h9-11H,2-8H2,1H3,(H2,15,18)(H2,16,19)(H,17,20). The molecule has 1 rings (SSSR count). The number of carbonyl (C=O) groups is 3. The van der Waals surface area contributed by atoms with Gasteiger partial charge in [0.05, 0.1) is 0 Å². The second-order valence-electron chi connectivity index (χ2n) is 5.61. The first-order valence-corrected chi connectivity index (χ1v) is 7.34. The third-order valence-corrected chi connectivity index (χ3v) is 4.04. The highest BCUT2D eigenvalue weighted by Crippen LogP contribution is 2.31. The zero-order valence-corrected chi connectivity index (χ0v) is 12.1. The fourth-order valence-corrected chi connectivity index (χ4v) is 2.75. The van der Waals surface area contributed by atoms with Crippen molar-refractivity contribution >= 4 is 17.7 Å². The van der Waals surface area contributed by atoms with E-state index in [9.17, 15) is 14.4 Å². The van der Waals surface area contributed by atoms with Crippen molar-refractivity contribution in [3.63, 3.8) is 0 Å². The Morgan fingerprint density at radius 2 is 1.65 bits per heavy atom. The molecule has 0 spiro atoms. The van der Waals surface area contributed by atoms with Gasteiger partial charge in [-0.3, -0.25) is 14.4 Å². The van der Waals surface area contributed by atoms with Crippen LogP contribution in [0, 0.1) is 11.8 Å². The summed E-state index contributed by atoms with van der Waals surface area (Å²) < 4.78 is 0. The maximum Gasteiger partial charge on any atom is 0.249 e. The van der Waals surface area contributed by atoms with E-state index in [1.54, 1.807) is 0 Å². The third kappa shape index (κ3) is 4.83. The van der Waals surface area contributed by atoms with Gasteiger partial charge < -0.3 is 16.8 Å². The largest absolute Gasteiger partial charge is 0.367 e. The Balaban J connectivity index is 2.42. The summed E-state index contributed by atoms with van der Waals surface area (Å²) in [5, 5.41) is 2.36. The van der Waals surface area contributed by atoms with Crippen LogP contribution in [0.5, 0.6) is 0 Å². The van der Waals surface area contributed by atoms with Crippen LogP contribution in [0.1, 0.15) is 51.9 Å². The molecule has 6 nitrogen and oxygen atoms in total. The van der Waals surface area contributed by atoms with E-state index < -0.39 is 17.9 Å². The molecule has 114 valence electrons. The van der Waals surface area contributed by atoms with Gasteiger partial charge >= 0.3 is 0 Å². The van der Waals surface area contributed by atoms with Gasteiger partial charge in [-0.15, -0.1) is 0 Å². The van der Waals surface area contributed by atoms with Crippen LogP contribution < -0.4 is 16.8 Å². The summed E-state index contributed by atoms with van der Waals surface area (Å²) in [7, 11) is 0. The molecule has 5 N–H and O–H groups in total. The van der Waals surface area contributed by atoms with E-state index in [4.69, 9.17) is 11.5 Å². The predicted molar refractivity (Wildman–Crippen MR) is 75.3 cm³/mol. The maximum absolute atomic E-state index is 12.0. The van der Waals surface area contributed by atoms with Crippen molar-refractivity contribution in [3.8, 4) is 0 Å². The lowest BCUT2D eigenvalue weighted by molar-refractivity contribution is -0.136. The number of amides is 3. The number of nitrogens with one attached hydrogen (secondary N) is 1. The molecule has 1 saturated carbocycles. The summed E-state index contributed by atoms with van der Waals surface area (Å²) in [6.45, 7) is 2.17. The molecule has 0 atom stereocenters. The van der Waals surface area contributed by atoms with Gasteiger partial charge in [0.15, 0.2) is 6.04 Å². The topological polar surface area (TPSA) is 115 Å². The van der Waals surface area contributed by atoms with Crippen molar-refractivity contribution in [3.05, 3.63) is 0 Å². The van der Waals surface area contributed by atoms with Crippen LogP contribution in [0.2, 0.25) is 0 Å². The van der Waals surface area contributed by atoms with E-state index in [-0.39, 0.29) is 11.8 Å². The lowest BCUT2D eigenvalue weighted by atomic mass is 9.79. The Hall–Kier alpha value is -1.59. The SMILES string of the molecule is CCCCC1CCC(C(=O)NC(C(N)=O)C(N)=O)CC1. The van der Waals surface area contributed by atoms with Gasteiger partial charge in [-0.2, -0.15) is 0 Å². The van der Waals surface area contributed by atoms with Gasteiger partial charge in [-0.05, 0) is 31.6 Å². The number of unbranched alkanes of at least 4 members (excludes halogenated alkanes) is 1. The first kappa shape index (κ1) is 16.5. The molecule has 0 unspecified atom stereocenters. The quantitative estimate of drug-likeness (QED) is 0.589. The highest BCUT2D eigenvalue weighted by molar-refractivity contribution is 6.05. The maximum atomic E-state index is 12.0. The van der Waals surface area contributed by atoms with Crippen LogP contribution in [-0.2, 0) is 14.4 Å². The molecule has 0 saturated heterocycles. The summed E-state index contributed by atoms with van der Waals surface area (Å²) in [5.41, 5.74) is 10.1. The van der Waals surface area contributed by atoms with Crippen LogP contribution in [0.25, 0.3) is 0 Å². The number of rotatable bonds is 7. The molecule has 3 amide bonds. The molecule has 1 aliphatic rings. The second kappa shape index (κ2) is 7.87. The van der Waals surface area contributed by atoms with Gasteiger partial charge in [0.1, 0.15) is 0 Å². The smallest absolute Gasteiger partial charge is 0.249 e. The first-order valence-electron chi connectivity index (χ1n) is 7.34. The van der Waals surface area contributed by atoms with Gasteiger partial charge in [0, 0.05) is 5.92 Å². The normalized spacial score (nSPS) is 22.5. The number of nitrogens with two attached hydrogens (primary N) is 2. The van der Waals surface area contributed by atoms with Crippen LogP contribution in [0.4, 0.5) is 0 Å². The van der Waals surface area contributed by atoms with Crippen LogP contribution >= 0.6 is 0 Å². The fourth-order valence-electron chi connectivity index (χ4n) is 2.75. The van der Waals surface area contributed by atoms with Crippen molar-refractivity contribution in [1.29, 1.82) is 0 Å². The Bertz CT molecular complexity index is 349. The minimum absolute atomic E-state index is 0.144. The van der Waals surface area contributed by atoms with E-state index in [1.807, 2.05) is 0 Å². The minimum atomic E-state index is -1.40. The molecule has 0 aromatic carbocycles. The zero-order valence-electron chi connectivity index (χ0n) is 12.1. The predicted octanol–water partition coefficient (Wildman–Crippen LogP) is 0.438. The Morgan fingerprint density at radius 3 is 2.10 bits per heavy atom. The molecule has 1 fully saturated rings. The molecule has 0 aromatic rings. The highest BCUT2D eigenvalue weighted by atomic mass is 16.2. The number of hydrogen-bond acceptors (Lipinski definition) is 3. The Kier molecular flexibility index (Phi) is 6.48. The zero-order chi connectivity index (χ0) is 15.1. The van der Waals surface area contributed by atoms with Crippen LogP contribution in [0.15, 0.2) is 0 Å². The monoisotopic (exact) mass is 283 g/mol. The lowest BCUT2D eigenvalue weighted by Crippen LogP contribution is -2.54. The molecule has 0 aliphatic heterocycles. The molecular formula is C14H25N3O3. The highest BCUT2D eigenvalue weighted by Gasteiger charge is 2.30. The molecule has 6 heteroatoms. The summed E-state index contributed by atoms with van der Waals surface area (Å²) in [5.74, 6) is -1.57. The van der Waals surface area contributed by atoms with E-state index >= 15 is 0 Å². The number of primary amides is 2. The van der Waals surface area contributed by atoms with Crippen molar-refractivity contribution in [1.82, 2.24) is 5.32 Å². The van der Waals surface area contributed by atoms with Crippen molar-refractivity contribution in [2.75, 3.05) is 0 Å². The molecule has 0 bridgehead atoms. The van der Waals surface area contributed by atoms with Gasteiger partial charge in [-0.1, -0.05) is 26.2 Å². The fraction of sp³-hybridized carbons (Fsp3) is 0.786. The van der Waals surface area contributed by atoms with Crippen molar-refractivity contribution in [2.24, 2.45) is 23.3 Å². The number of carbonyl (C=O) groups excluding carboxylic acids is 3. The van der Waals surface area contributed by atoms with E-state index in [0.717, 1.165) is 25.7 Å². The molecular weight excluding hydrogens is 258 g/mol. The van der Waals surface area contributed by atoms with E-state index in [0.29, 0.717) is 5.92 Å². The minimum Gasteiger partial charge on any atom is -0.367 e. The summed E-state index contributed by atoms with van der Waals surface area (Å²) >= 11 is 0. The van der Waals surface area contributed by atoms with E-state index in [1.165, 1.54) is 19.3 Å². The molecule has 0 heterocycles. The van der Waals surface area contributed by atoms with Gasteiger partial charge in [-0.25, -0.2) is 0 Å².